The van der Waals surface area contributed by atoms with Gasteiger partial charge in [-0.25, -0.2) is 4.39 Å². The normalized spacial score (nSPS) is 10.6. The molecule has 0 atom stereocenters. The summed E-state index contributed by atoms with van der Waals surface area (Å²) in [5.74, 6) is -2.08. The summed E-state index contributed by atoms with van der Waals surface area (Å²) in [6.07, 6.45) is 5.56. The van der Waals surface area contributed by atoms with Crippen molar-refractivity contribution in [1.82, 2.24) is 5.32 Å². The van der Waals surface area contributed by atoms with Gasteiger partial charge in [-0.2, -0.15) is 0 Å². The largest absolute Gasteiger partial charge is 0.472 e. The molecule has 0 bridgehead atoms. The van der Waals surface area contributed by atoms with E-state index in [-0.39, 0.29) is 5.56 Å². The zero-order valence-electron chi connectivity index (χ0n) is 9.80. The number of carbonyl (C=O) groups is 2. The van der Waals surface area contributed by atoms with Crippen molar-refractivity contribution < 1.29 is 18.4 Å². The average Bonchev–Trinajstić information content (AvgIpc) is 2.90. The molecule has 4 nitrogen and oxygen atoms in total. The molecule has 2 amide bonds. The maximum absolute atomic E-state index is 13.3. The molecule has 1 heterocycles. The Morgan fingerprint density at radius 2 is 2.00 bits per heavy atom. The summed E-state index contributed by atoms with van der Waals surface area (Å²) in [7, 11) is 0. The summed E-state index contributed by atoms with van der Waals surface area (Å²) in [6.45, 7) is 0. The quantitative estimate of drug-likeness (QED) is 0.861. The Bertz CT molecular complexity index is 617. The standard InChI is InChI=1S/C14H10FNO3/c15-12-4-2-1-3-11(12)14(18)16-13(17)6-5-10-7-8-19-9-10/h1-9H,(H,16,17,18)/b6-5+. The molecule has 0 radical (unpaired) electrons. The van der Waals surface area contributed by atoms with Crippen LogP contribution in [0.15, 0.2) is 53.4 Å². The van der Waals surface area contributed by atoms with E-state index in [1.807, 2.05) is 0 Å². The predicted octanol–water partition coefficient (Wildman–Crippen LogP) is 2.39. The van der Waals surface area contributed by atoms with Crippen molar-refractivity contribution in [1.29, 1.82) is 0 Å². The van der Waals surface area contributed by atoms with E-state index in [4.69, 9.17) is 4.42 Å². The molecule has 2 aromatic rings. The lowest BCUT2D eigenvalue weighted by atomic mass is 10.2. The summed E-state index contributed by atoms with van der Waals surface area (Å²) in [5.41, 5.74) is 0.515. The zero-order valence-corrected chi connectivity index (χ0v) is 9.80. The van der Waals surface area contributed by atoms with Gasteiger partial charge >= 0.3 is 0 Å². The Balaban J connectivity index is 2.00. The first-order valence-corrected chi connectivity index (χ1v) is 5.47. The van der Waals surface area contributed by atoms with Gasteiger partial charge in [-0.1, -0.05) is 12.1 Å². The van der Waals surface area contributed by atoms with Crippen molar-refractivity contribution >= 4 is 17.9 Å². The lowest BCUT2D eigenvalue weighted by Gasteiger charge is -2.01. The number of hydrogen-bond donors (Lipinski definition) is 1. The monoisotopic (exact) mass is 259 g/mol. The van der Waals surface area contributed by atoms with Crippen LogP contribution in [0.2, 0.25) is 0 Å². The molecule has 1 N–H and O–H groups in total. The van der Waals surface area contributed by atoms with E-state index < -0.39 is 17.6 Å². The van der Waals surface area contributed by atoms with E-state index >= 15 is 0 Å². The van der Waals surface area contributed by atoms with Crippen LogP contribution < -0.4 is 5.32 Å². The van der Waals surface area contributed by atoms with Gasteiger partial charge in [0.2, 0.25) is 0 Å². The lowest BCUT2D eigenvalue weighted by Crippen LogP contribution is -2.29. The SMILES string of the molecule is O=C(/C=C/c1ccoc1)NC(=O)c1ccccc1F. The zero-order chi connectivity index (χ0) is 13.7. The minimum Gasteiger partial charge on any atom is -0.472 e. The van der Waals surface area contributed by atoms with Crippen molar-refractivity contribution in [3.63, 3.8) is 0 Å². The van der Waals surface area contributed by atoms with Crippen LogP contribution in [0.1, 0.15) is 15.9 Å². The Morgan fingerprint density at radius 1 is 1.21 bits per heavy atom. The first-order valence-electron chi connectivity index (χ1n) is 5.47. The number of imide groups is 1. The average molecular weight is 259 g/mol. The van der Waals surface area contributed by atoms with Gasteiger partial charge in [0.1, 0.15) is 5.82 Å². The fraction of sp³-hybridized carbons (Fsp3) is 0. The van der Waals surface area contributed by atoms with E-state index in [2.05, 4.69) is 5.32 Å². The van der Waals surface area contributed by atoms with Crippen LogP contribution in [0.25, 0.3) is 6.08 Å². The molecule has 2 rings (SSSR count). The van der Waals surface area contributed by atoms with Gasteiger partial charge in [0.15, 0.2) is 0 Å². The maximum atomic E-state index is 13.3. The third-order valence-electron chi connectivity index (χ3n) is 2.33. The molecule has 0 unspecified atom stereocenters. The van der Waals surface area contributed by atoms with Gasteiger partial charge in [0.05, 0.1) is 18.1 Å². The number of carbonyl (C=O) groups excluding carboxylic acids is 2. The van der Waals surface area contributed by atoms with Crippen LogP contribution in [-0.2, 0) is 4.79 Å². The number of benzene rings is 1. The predicted molar refractivity (Wildman–Crippen MR) is 66.6 cm³/mol. The second-order valence-corrected chi connectivity index (χ2v) is 3.69. The topological polar surface area (TPSA) is 59.3 Å². The number of amides is 2. The van der Waals surface area contributed by atoms with Crippen molar-refractivity contribution in [3.05, 3.63) is 65.9 Å². The van der Waals surface area contributed by atoms with E-state index in [0.29, 0.717) is 5.56 Å². The van der Waals surface area contributed by atoms with Crippen molar-refractivity contribution in [2.24, 2.45) is 0 Å². The van der Waals surface area contributed by atoms with Crippen molar-refractivity contribution in [3.8, 4) is 0 Å². The highest BCUT2D eigenvalue weighted by molar-refractivity contribution is 6.09. The smallest absolute Gasteiger partial charge is 0.261 e. The molecule has 0 aliphatic carbocycles. The van der Waals surface area contributed by atoms with Crippen LogP contribution >= 0.6 is 0 Å². The molecule has 1 aromatic heterocycles. The fourth-order valence-electron chi connectivity index (χ4n) is 1.41. The second-order valence-electron chi connectivity index (χ2n) is 3.69. The van der Waals surface area contributed by atoms with Crippen molar-refractivity contribution in [2.75, 3.05) is 0 Å². The summed E-state index contributed by atoms with van der Waals surface area (Å²) >= 11 is 0. The van der Waals surface area contributed by atoms with Gasteiger partial charge in [-0.05, 0) is 24.3 Å². The first-order chi connectivity index (χ1) is 9.16. The second kappa shape index (κ2) is 5.77. The van der Waals surface area contributed by atoms with E-state index in [1.54, 1.807) is 6.07 Å². The molecule has 0 fully saturated rings. The van der Waals surface area contributed by atoms with Crippen LogP contribution in [-0.4, -0.2) is 11.8 Å². The summed E-state index contributed by atoms with van der Waals surface area (Å²) < 4.78 is 18.1. The highest BCUT2D eigenvalue weighted by Crippen LogP contribution is 2.06. The lowest BCUT2D eigenvalue weighted by molar-refractivity contribution is -0.115. The van der Waals surface area contributed by atoms with Crippen LogP contribution in [0, 0.1) is 5.82 Å². The number of hydrogen-bond acceptors (Lipinski definition) is 3. The molecule has 0 aliphatic rings. The van der Waals surface area contributed by atoms with Gasteiger partial charge in [-0.15, -0.1) is 0 Å². The molecule has 0 saturated heterocycles. The highest BCUT2D eigenvalue weighted by atomic mass is 19.1. The molecule has 0 saturated carbocycles. The van der Waals surface area contributed by atoms with Gasteiger partial charge in [0.25, 0.3) is 11.8 Å². The Labute approximate surface area is 108 Å². The van der Waals surface area contributed by atoms with E-state index in [9.17, 15) is 14.0 Å². The third kappa shape index (κ3) is 3.38. The number of nitrogens with one attached hydrogen (secondary N) is 1. The molecular weight excluding hydrogens is 249 g/mol. The summed E-state index contributed by atoms with van der Waals surface area (Å²) in [4.78, 5) is 23.1. The molecule has 1 aromatic carbocycles. The first kappa shape index (κ1) is 12.8. The van der Waals surface area contributed by atoms with E-state index in [1.165, 1.54) is 42.9 Å². The Hall–Kier alpha value is -2.69. The maximum Gasteiger partial charge on any atom is 0.261 e. The molecule has 0 spiro atoms. The van der Waals surface area contributed by atoms with Crippen LogP contribution in [0.4, 0.5) is 4.39 Å². The highest BCUT2D eigenvalue weighted by Gasteiger charge is 2.12. The third-order valence-corrected chi connectivity index (χ3v) is 2.33. The van der Waals surface area contributed by atoms with E-state index in [0.717, 1.165) is 6.07 Å². The van der Waals surface area contributed by atoms with Crippen molar-refractivity contribution in [2.45, 2.75) is 0 Å². The van der Waals surface area contributed by atoms with Crippen LogP contribution in [0.3, 0.4) is 0 Å². The summed E-state index contributed by atoms with van der Waals surface area (Å²) in [6, 6.07) is 7.09. The summed E-state index contributed by atoms with van der Waals surface area (Å²) in [5, 5.41) is 2.06. The minimum atomic E-state index is -0.778. The molecule has 5 heteroatoms. The minimum absolute atomic E-state index is 0.174. The van der Waals surface area contributed by atoms with Gasteiger partial charge in [0, 0.05) is 11.6 Å². The Morgan fingerprint density at radius 3 is 2.68 bits per heavy atom. The van der Waals surface area contributed by atoms with Gasteiger partial charge in [-0.3, -0.25) is 14.9 Å². The molecule has 0 aliphatic heterocycles. The number of halogens is 1. The number of furan rings is 1. The number of rotatable bonds is 3. The van der Waals surface area contributed by atoms with Crippen LogP contribution in [0.5, 0.6) is 0 Å². The Kier molecular flexibility index (Phi) is 3.87. The fourth-order valence-corrected chi connectivity index (χ4v) is 1.41. The molecular formula is C14H10FNO3. The van der Waals surface area contributed by atoms with Gasteiger partial charge < -0.3 is 4.42 Å². The molecule has 19 heavy (non-hydrogen) atoms. The molecule has 96 valence electrons.